The standard InChI is InChI=1S/C24H25Cl2NO2/c1-3-17-9-11-20(12-10-17)27-15-18-13-22(26)24(23(14-18)28-4-2)29-16-19-7-5-6-8-21(19)25/h5-14,27H,3-4,15-16H2,1-2H3. The van der Waals surface area contributed by atoms with Gasteiger partial charge in [-0.3, -0.25) is 0 Å². The van der Waals surface area contributed by atoms with Crippen LogP contribution in [0.15, 0.2) is 60.7 Å². The van der Waals surface area contributed by atoms with Crippen LogP contribution in [0.2, 0.25) is 10.0 Å². The number of halogens is 2. The molecule has 152 valence electrons. The van der Waals surface area contributed by atoms with Crippen molar-refractivity contribution in [3.05, 3.63) is 87.4 Å². The molecule has 0 unspecified atom stereocenters. The number of anilines is 1. The van der Waals surface area contributed by atoms with Crippen molar-refractivity contribution < 1.29 is 9.47 Å². The zero-order valence-electron chi connectivity index (χ0n) is 16.7. The van der Waals surface area contributed by atoms with Crippen LogP contribution in [0.3, 0.4) is 0 Å². The van der Waals surface area contributed by atoms with E-state index < -0.39 is 0 Å². The first kappa shape index (κ1) is 21.4. The first-order valence-electron chi connectivity index (χ1n) is 9.75. The summed E-state index contributed by atoms with van der Waals surface area (Å²) in [5.41, 5.74) is 4.30. The Morgan fingerprint density at radius 1 is 0.828 bits per heavy atom. The first-order valence-corrected chi connectivity index (χ1v) is 10.5. The number of rotatable bonds is 9. The third kappa shape index (κ3) is 5.81. The average Bonchev–Trinajstić information content (AvgIpc) is 2.73. The van der Waals surface area contributed by atoms with Gasteiger partial charge in [0.05, 0.1) is 11.6 Å². The lowest BCUT2D eigenvalue weighted by Crippen LogP contribution is -2.04. The van der Waals surface area contributed by atoms with Gasteiger partial charge in [-0.15, -0.1) is 0 Å². The predicted octanol–water partition coefficient (Wildman–Crippen LogP) is 7.15. The fourth-order valence-corrected chi connectivity index (χ4v) is 3.43. The quantitative estimate of drug-likeness (QED) is 0.391. The van der Waals surface area contributed by atoms with Crippen molar-refractivity contribution in [2.75, 3.05) is 11.9 Å². The van der Waals surface area contributed by atoms with E-state index in [4.69, 9.17) is 32.7 Å². The molecular formula is C24H25Cl2NO2. The molecule has 0 saturated heterocycles. The molecule has 0 amide bonds. The Bertz CT molecular complexity index is 942. The smallest absolute Gasteiger partial charge is 0.180 e. The Hall–Kier alpha value is -2.36. The summed E-state index contributed by atoms with van der Waals surface area (Å²) in [5, 5.41) is 4.60. The second-order valence-corrected chi connectivity index (χ2v) is 7.44. The highest BCUT2D eigenvalue weighted by Crippen LogP contribution is 2.37. The molecular weight excluding hydrogens is 405 g/mol. The number of nitrogens with one attached hydrogen (secondary N) is 1. The van der Waals surface area contributed by atoms with E-state index in [9.17, 15) is 0 Å². The van der Waals surface area contributed by atoms with Gasteiger partial charge in [0.2, 0.25) is 0 Å². The monoisotopic (exact) mass is 429 g/mol. The maximum Gasteiger partial charge on any atom is 0.180 e. The van der Waals surface area contributed by atoms with Crippen LogP contribution >= 0.6 is 23.2 Å². The predicted molar refractivity (Wildman–Crippen MR) is 122 cm³/mol. The van der Waals surface area contributed by atoms with E-state index in [1.807, 2.05) is 43.3 Å². The fraction of sp³-hybridized carbons (Fsp3) is 0.250. The molecule has 0 saturated carbocycles. The summed E-state index contributed by atoms with van der Waals surface area (Å²) < 4.78 is 11.8. The Kier molecular flexibility index (Phi) is 7.68. The van der Waals surface area contributed by atoms with Crippen molar-refractivity contribution in [3.8, 4) is 11.5 Å². The van der Waals surface area contributed by atoms with E-state index in [2.05, 4.69) is 36.5 Å². The lowest BCUT2D eigenvalue weighted by atomic mass is 10.1. The van der Waals surface area contributed by atoms with Gasteiger partial charge < -0.3 is 14.8 Å². The van der Waals surface area contributed by atoms with Crippen molar-refractivity contribution in [2.24, 2.45) is 0 Å². The Balaban J connectivity index is 1.73. The first-order chi connectivity index (χ1) is 14.1. The third-order valence-corrected chi connectivity index (χ3v) is 5.21. The molecule has 0 atom stereocenters. The van der Waals surface area contributed by atoms with Crippen molar-refractivity contribution in [1.29, 1.82) is 0 Å². The second kappa shape index (κ2) is 10.4. The molecule has 29 heavy (non-hydrogen) atoms. The summed E-state index contributed by atoms with van der Waals surface area (Å²) in [6.45, 7) is 5.56. The van der Waals surface area contributed by atoms with Gasteiger partial charge >= 0.3 is 0 Å². The van der Waals surface area contributed by atoms with Gasteiger partial charge in [0.1, 0.15) is 6.61 Å². The summed E-state index contributed by atoms with van der Waals surface area (Å²) in [4.78, 5) is 0. The summed E-state index contributed by atoms with van der Waals surface area (Å²) in [6.07, 6.45) is 1.03. The summed E-state index contributed by atoms with van der Waals surface area (Å²) in [6, 6.07) is 19.9. The molecule has 0 heterocycles. The molecule has 0 fully saturated rings. The van der Waals surface area contributed by atoms with Crippen molar-refractivity contribution in [2.45, 2.75) is 33.4 Å². The average molecular weight is 430 g/mol. The molecule has 0 aromatic heterocycles. The number of benzene rings is 3. The van der Waals surface area contributed by atoms with E-state index in [-0.39, 0.29) is 0 Å². The molecule has 0 radical (unpaired) electrons. The van der Waals surface area contributed by atoms with E-state index in [1.54, 1.807) is 0 Å². The summed E-state index contributed by atoms with van der Waals surface area (Å²) in [5.74, 6) is 1.16. The molecule has 3 aromatic rings. The minimum absolute atomic E-state index is 0.320. The van der Waals surface area contributed by atoms with Crippen LogP contribution in [0.5, 0.6) is 11.5 Å². The molecule has 0 aliphatic heterocycles. The maximum atomic E-state index is 6.53. The minimum atomic E-state index is 0.320. The van der Waals surface area contributed by atoms with Gasteiger partial charge in [-0.05, 0) is 54.8 Å². The molecule has 3 nitrogen and oxygen atoms in total. The number of hydrogen-bond acceptors (Lipinski definition) is 3. The van der Waals surface area contributed by atoms with Crippen LogP contribution < -0.4 is 14.8 Å². The summed E-state index contributed by atoms with van der Waals surface area (Å²) in [7, 11) is 0. The zero-order chi connectivity index (χ0) is 20.6. The highest BCUT2D eigenvalue weighted by molar-refractivity contribution is 6.32. The van der Waals surface area contributed by atoms with Crippen LogP contribution in [0, 0.1) is 0 Å². The Morgan fingerprint density at radius 2 is 1.59 bits per heavy atom. The molecule has 3 aromatic carbocycles. The number of hydrogen-bond donors (Lipinski definition) is 1. The molecule has 5 heteroatoms. The van der Waals surface area contributed by atoms with Crippen LogP contribution in [-0.2, 0) is 19.6 Å². The van der Waals surface area contributed by atoms with E-state index >= 15 is 0 Å². The highest BCUT2D eigenvalue weighted by atomic mass is 35.5. The zero-order valence-corrected chi connectivity index (χ0v) is 18.2. The second-order valence-electron chi connectivity index (χ2n) is 6.62. The Labute approximate surface area is 182 Å². The lowest BCUT2D eigenvalue weighted by molar-refractivity contribution is 0.269. The van der Waals surface area contributed by atoms with Gasteiger partial charge in [-0.2, -0.15) is 0 Å². The molecule has 3 rings (SSSR count). The normalized spacial score (nSPS) is 10.6. The third-order valence-electron chi connectivity index (χ3n) is 4.56. The van der Waals surface area contributed by atoms with Gasteiger partial charge in [-0.25, -0.2) is 0 Å². The van der Waals surface area contributed by atoms with Crippen LogP contribution in [0.25, 0.3) is 0 Å². The fourth-order valence-electron chi connectivity index (χ4n) is 2.95. The van der Waals surface area contributed by atoms with Crippen LogP contribution in [0.1, 0.15) is 30.5 Å². The molecule has 0 aliphatic carbocycles. The van der Waals surface area contributed by atoms with Gasteiger partial charge in [0.25, 0.3) is 0 Å². The largest absolute Gasteiger partial charge is 0.490 e. The SMILES string of the molecule is CCOc1cc(CNc2ccc(CC)cc2)cc(Cl)c1OCc1ccccc1Cl. The van der Waals surface area contributed by atoms with Crippen molar-refractivity contribution in [1.82, 2.24) is 0 Å². The Morgan fingerprint density at radius 3 is 2.28 bits per heavy atom. The van der Waals surface area contributed by atoms with E-state index in [1.165, 1.54) is 5.56 Å². The van der Waals surface area contributed by atoms with E-state index in [0.717, 1.165) is 23.2 Å². The van der Waals surface area contributed by atoms with E-state index in [0.29, 0.717) is 41.3 Å². The van der Waals surface area contributed by atoms with Crippen molar-refractivity contribution in [3.63, 3.8) is 0 Å². The molecule has 0 aliphatic rings. The number of ether oxygens (including phenoxy) is 2. The topological polar surface area (TPSA) is 30.5 Å². The number of aryl methyl sites for hydroxylation is 1. The molecule has 0 bridgehead atoms. The lowest BCUT2D eigenvalue weighted by Gasteiger charge is -2.16. The highest BCUT2D eigenvalue weighted by Gasteiger charge is 2.14. The molecule has 0 spiro atoms. The van der Waals surface area contributed by atoms with Gasteiger partial charge in [0.15, 0.2) is 11.5 Å². The van der Waals surface area contributed by atoms with Gasteiger partial charge in [-0.1, -0.05) is 60.5 Å². The van der Waals surface area contributed by atoms with Gasteiger partial charge in [0, 0.05) is 22.8 Å². The van der Waals surface area contributed by atoms with Crippen molar-refractivity contribution >= 4 is 28.9 Å². The molecule has 1 N–H and O–H groups in total. The van der Waals surface area contributed by atoms with Crippen LogP contribution in [0.4, 0.5) is 5.69 Å². The summed E-state index contributed by atoms with van der Waals surface area (Å²) >= 11 is 12.8. The van der Waals surface area contributed by atoms with Crippen LogP contribution in [-0.4, -0.2) is 6.61 Å². The maximum absolute atomic E-state index is 6.53. The minimum Gasteiger partial charge on any atom is -0.490 e.